The Morgan fingerprint density at radius 1 is 1.05 bits per heavy atom. The van der Waals surface area contributed by atoms with Crippen LogP contribution >= 0.6 is 0 Å². The zero-order valence-electron chi connectivity index (χ0n) is 23.7. The molecule has 2 aliphatic rings. The Balaban J connectivity index is 1.92. The van der Waals surface area contributed by atoms with Crippen molar-refractivity contribution in [2.45, 2.75) is 57.4 Å². The molecule has 12 nitrogen and oxygen atoms in total. The molecular formula is C28H41N5O7. The number of nitrogens with one attached hydrogen (secondary N) is 3. The van der Waals surface area contributed by atoms with Crippen LogP contribution in [0.2, 0.25) is 0 Å². The van der Waals surface area contributed by atoms with Crippen LogP contribution in [0.4, 0.5) is 0 Å². The number of likely N-dealkylation sites (N-methyl/N-ethyl adjacent to an activating group) is 1. The summed E-state index contributed by atoms with van der Waals surface area (Å²) in [6.45, 7) is 4.02. The molecule has 12 heteroatoms. The first-order chi connectivity index (χ1) is 19.1. The molecule has 1 aromatic rings. The minimum Gasteiger partial charge on any atom is -0.384 e. The maximum absolute atomic E-state index is 13.5. The molecule has 3 rings (SSSR count). The molecule has 0 saturated carbocycles. The van der Waals surface area contributed by atoms with Crippen molar-refractivity contribution in [2.75, 3.05) is 46.9 Å². The minimum atomic E-state index is -1.06. The predicted molar refractivity (Wildman–Crippen MR) is 146 cm³/mol. The Morgan fingerprint density at radius 2 is 1.77 bits per heavy atom. The van der Waals surface area contributed by atoms with Crippen LogP contribution in [0.3, 0.4) is 0 Å². The summed E-state index contributed by atoms with van der Waals surface area (Å²) in [5.74, 6) is -2.01. The summed E-state index contributed by atoms with van der Waals surface area (Å²) in [7, 11) is 2.98. The van der Waals surface area contributed by atoms with E-state index < -0.39 is 47.9 Å². The lowest BCUT2D eigenvalue weighted by Gasteiger charge is -2.38. The van der Waals surface area contributed by atoms with Gasteiger partial charge in [0.15, 0.2) is 6.10 Å². The van der Waals surface area contributed by atoms with Crippen molar-refractivity contribution in [2.24, 2.45) is 5.92 Å². The van der Waals surface area contributed by atoms with E-state index in [2.05, 4.69) is 16.0 Å². The fourth-order valence-electron chi connectivity index (χ4n) is 4.80. The second-order valence-corrected chi connectivity index (χ2v) is 10.7. The monoisotopic (exact) mass is 559 g/mol. The molecule has 0 unspecified atom stereocenters. The molecule has 0 spiro atoms. The SMILES string of the molecule is COCCC(=O)N1C[C@H]2CNC(=O)[C@H](CC(C)C)NC(=O)CN(C)C(=O)[C@@H](Cc3ccccc3)NC(=O)[C@@H](C1)O2. The first kappa shape index (κ1) is 31.0. The summed E-state index contributed by atoms with van der Waals surface area (Å²) in [5.41, 5.74) is 0.822. The van der Waals surface area contributed by atoms with Crippen LogP contribution in [0.15, 0.2) is 30.3 Å². The van der Waals surface area contributed by atoms with E-state index >= 15 is 0 Å². The van der Waals surface area contributed by atoms with Crippen LogP contribution in [0.5, 0.6) is 0 Å². The first-order valence-electron chi connectivity index (χ1n) is 13.7. The number of carbonyl (C=O) groups excluding carboxylic acids is 5. The van der Waals surface area contributed by atoms with E-state index in [4.69, 9.17) is 9.47 Å². The normalized spacial score (nSPS) is 25.0. The largest absolute Gasteiger partial charge is 0.384 e. The van der Waals surface area contributed by atoms with Crippen molar-refractivity contribution in [3.63, 3.8) is 0 Å². The highest BCUT2D eigenvalue weighted by molar-refractivity contribution is 5.93. The van der Waals surface area contributed by atoms with Crippen molar-refractivity contribution < 1.29 is 33.4 Å². The molecule has 220 valence electrons. The van der Waals surface area contributed by atoms with Crippen LogP contribution in [0.25, 0.3) is 0 Å². The van der Waals surface area contributed by atoms with Crippen LogP contribution < -0.4 is 16.0 Å². The molecule has 4 atom stereocenters. The summed E-state index contributed by atoms with van der Waals surface area (Å²) in [5, 5.41) is 8.35. The number of carbonyl (C=O) groups is 5. The average molecular weight is 560 g/mol. The summed E-state index contributed by atoms with van der Waals surface area (Å²) in [4.78, 5) is 68.5. The van der Waals surface area contributed by atoms with Crippen molar-refractivity contribution in [3.8, 4) is 0 Å². The van der Waals surface area contributed by atoms with Gasteiger partial charge in [-0.05, 0) is 17.9 Å². The number of benzene rings is 1. The van der Waals surface area contributed by atoms with Gasteiger partial charge in [0, 0.05) is 33.7 Å². The van der Waals surface area contributed by atoms with Crippen LogP contribution in [-0.2, 0) is 39.9 Å². The minimum absolute atomic E-state index is 0.00305. The highest BCUT2D eigenvalue weighted by Gasteiger charge is 2.37. The van der Waals surface area contributed by atoms with Gasteiger partial charge in [0.05, 0.1) is 32.2 Å². The molecule has 2 fully saturated rings. The van der Waals surface area contributed by atoms with E-state index in [0.29, 0.717) is 6.42 Å². The maximum Gasteiger partial charge on any atom is 0.251 e. The van der Waals surface area contributed by atoms with E-state index in [1.54, 1.807) is 0 Å². The van der Waals surface area contributed by atoms with E-state index in [0.717, 1.165) is 5.56 Å². The van der Waals surface area contributed by atoms with Gasteiger partial charge < -0.3 is 35.2 Å². The van der Waals surface area contributed by atoms with E-state index in [1.165, 1.54) is 24.0 Å². The van der Waals surface area contributed by atoms with Gasteiger partial charge in [-0.15, -0.1) is 0 Å². The third-order valence-corrected chi connectivity index (χ3v) is 6.85. The molecule has 0 aromatic heterocycles. The topological polar surface area (TPSA) is 146 Å². The molecule has 0 radical (unpaired) electrons. The molecule has 5 amide bonds. The van der Waals surface area contributed by atoms with Gasteiger partial charge in [0.1, 0.15) is 12.1 Å². The summed E-state index contributed by atoms with van der Waals surface area (Å²) in [6, 6.07) is 7.42. The summed E-state index contributed by atoms with van der Waals surface area (Å²) < 4.78 is 11.1. The molecule has 2 saturated heterocycles. The van der Waals surface area contributed by atoms with Gasteiger partial charge in [0.2, 0.25) is 23.6 Å². The number of nitrogens with zero attached hydrogens (tertiary/aromatic N) is 2. The number of hydrogen-bond donors (Lipinski definition) is 3. The fourth-order valence-corrected chi connectivity index (χ4v) is 4.80. The maximum atomic E-state index is 13.5. The highest BCUT2D eigenvalue weighted by atomic mass is 16.5. The second-order valence-electron chi connectivity index (χ2n) is 10.7. The molecule has 2 bridgehead atoms. The molecule has 2 heterocycles. The van der Waals surface area contributed by atoms with Crippen LogP contribution in [0, 0.1) is 5.92 Å². The zero-order chi connectivity index (χ0) is 29.2. The lowest BCUT2D eigenvalue weighted by Crippen LogP contribution is -2.59. The van der Waals surface area contributed by atoms with Crippen molar-refractivity contribution >= 4 is 29.5 Å². The van der Waals surface area contributed by atoms with Crippen molar-refractivity contribution in [1.29, 1.82) is 0 Å². The van der Waals surface area contributed by atoms with Gasteiger partial charge in [-0.2, -0.15) is 0 Å². The lowest BCUT2D eigenvalue weighted by molar-refractivity contribution is -0.157. The molecule has 40 heavy (non-hydrogen) atoms. The second kappa shape index (κ2) is 14.8. The van der Waals surface area contributed by atoms with E-state index in [1.807, 2.05) is 44.2 Å². The number of hydrogen-bond acceptors (Lipinski definition) is 7. The third-order valence-electron chi connectivity index (χ3n) is 6.85. The summed E-state index contributed by atoms with van der Waals surface area (Å²) in [6.07, 6.45) is -1.02. The van der Waals surface area contributed by atoms with Crippen molar-refractivity contribution in [3.05, 3.63) is 35.9 Å². The first-order valence-corrected chi connectivity index (χ1v) is 13.7. The number of ether oxygens (including phenoxy) is 2. The van der Waals surface area contributed by atoms with E-state index in [9.17, 15) is 24.0 Å². The van der Waals surface area contributed by atoms with Gasteiger partial charge in [-0.25, -0.2) is 0 Å². The number of rotatable bonds is 7. The Morgan fingerprint density at radius 3 is 2.45 bits per heavy atom. The number of amides is 5. The standard InChI is InChI=1S/C28H41N5O7/c1-18(2)12-21-26(36)29-14-20-15-33(25(35)10-11-39-4)16-23(40-20)27(37)31-22(13-19-8-6-5-7-9-19)28(38)32(3)17-24(34)30-21/h5-9,18,20-23H,10-17H2,1-4H3,(H,29,36)(H,30,34)(H,31,37)/t20-,21+,22-,23-/m1/s1. The smallest absolute Gasteiger partial charge is 0.251 e. The average Bonchev–Trinajstić information content (AvgIpc) is 2.93. The Labute approximate surface area is 235 Å². The lowest BCUT2D eigenvalue weighted by atomic mass is 10.0. The fraction of sp³-hybridized carbons (Fsp3) is 0.607. The van der Waals surface area contributed by atoms with Crippen LogP contribution in [-0.4, -0.2) is 111 Å². The van der Waals surface area contributed by atoms with Gasteiger partial charge in [-0.3, -0.25) is 24.0 Å². The Kier molecular flexibility index (Phi) is 11.4. The van der Waals surface area contributed by atoms with E-state index in [-0.39, 0.29) is 57.5 Å². The molecular weight excluding hydrogens is 518 g/mol. The molecule has 3 N–H and O–H groups in total. The number of fused-ring (bicyclic) bond motifs is 2. The van der Waals surface area contributed by atoms with Gasteiger partial charge >= 0.3 is 0 Å². The third kappa shape index (κ3) is 9.02. The Hall–Kier alpha value is -3.51. The molecule has 1 aromatic carbocycles. The Bertz CT molecular complexity index is 1050. The number of methoxy groups -OCH3 is 1. The highest BCUT2D eigenvalue weighted by Crippen LogP contribution is 2.15. The quantitative estimate of drug-likeness (QED) is 0.407. The molecule has 0 aliphatic carbocycles. The molecule has 2 aliphatic heterocycles. The predicted octanol–water partition coefficient (Wildman–Crippen LogP) is -0.534. The van der Waals surface area contributed by atoms with Gasteiger partial charge in [0.25, 0.3) is 5.91 Å². The zero-order valence-corrected chi connectivity index (χ0v) is 23.7. The number of morpholine rings is 1. The van der Waals surface area contributed by atoms with Crippen molar-refractivity contribution in [1.82, 2.24) is 25.8 Å². The van der Waals surface area contributed by atoms with Gasteiger partial charge in [-0.1, -0.05) is 44.2 Å². The summed E-state index contributed by atoms with van der Waals surface area (Å²) >= 11 is 0. The van der Waals surface area contributed by atoms with Crippen LogP contribution in [0.1, 0.15) is 32.3 Å².